The highest BCUT2D eigenvalue weighted by Crippen LogP contribution is 2.21. The Morgan fingerprint density at radius 1 is 1.32 bits per heavy atom. The maximum absolute atomic E-state index is 11.9. The number of rotatable bonds is 4. The van der Waals surface area contributed by atoms with Crippen LogP contribution in [0.4, 0.5) is 18.9 Å². The van der Waals surface area contributed by atoms with Gasteiger partial charge in [-0.1, -0.05) is 5.16 Å². The van der Waals surface area contributed by atoms with Crippen molar-refractivity contribution in [2.45, 2.75) is 19.0 Å². The Morgan fingerprint density at radius 2 is 1.89 bits per heavy atom. The van der Waals surface area contributed by atoms with Crippen molar-refractivity contribution in [3.8, 4) is 0 Å². The molecule has 0 heterocycles. The van der Waals surface area contributed by atoms with Crippen LogP contribution in [-0.4, -0.2) is 23.1 Å². The van der Waals surface area contributed by atoms with Gasteiger partial charge in [-0.15, -0.1) is 0 Å². The number of nitrogens with two attached hydrogens (primary N) is 1. The van der Waals surface area contributed by atoms with Gasteiger partial charge in [0.05, 0.1) is 6.42 Å². The van der Waals surface area contributed by atoms with Gasteiger partial charge in [0.15, 0.2) is 5.84 Å². The van der Waals surface area contributed by atoms with E-state index in [1.54, 1.807) is 0 Å². The van der Waals surface area contributed by atoms with Crippen molar-refractivity contribution < 1.29 is 23.2 Å². The number of amidine groups is 1. The molecule has 0 aliphatic carbocycles. The fraction of sp³-hybridized carbons (Fsp3) is 0.273. The zero-order valence-electron chi connectivity index (χ0n) is 9.74. The van der Waals surface area contributed by atoms with Crippen molar-refractivity contribution >= 4 is 17.4 Å². The first-order valence-electron chi connectivity index (χ1n) is 5.26. The summed E-state index contributed by atoms with van der Waals surface area (Å²) in [5.41, 5.74) is 6.09. The second-order valence-corrected chi connectivity index (χ2v) is 3.73. The fourth-order valence-corrected chi connectivity index (χ4v) is 1.26. The Labute approximate surface area is 106 Å². The molecule has 0 fully saturated rings. The van der Waals surface area contributed by atoms with Crippen molar-refractivity contribution in [2.75, 3.05) is 5.32 Å². The number of benzene rings is 1. The van der Waals surface area contributed by atoms with Crippen molar-refractivity contribution in [1.82, 2.24) is 0 Å². The van der Waals surface area contributed by atoms with E-state index in [-0.39, 0.29) is 5.84 Å². The number of nitrogens with one attached hydrogen (secondary N) is 1. The Morgan fingerprint density at radius 3 is 2.37 bits per heavy atom. The van der Waals surface area contributed by atoms with Gasteiger partial charge in [-0.05, 0) is 24.3 Å². The van der Waals surface area contributed by atoms with E-state index in [2.05, 4.69) is 10.5 Å². The first-order chi connectivity index (χ1) is 8.81. The molecule has 0 aliphatic heterocycles. The summed E-state index contributed by atoms with van der Waals surface area (Å²) < 4.78 is 35.7. The van der Waals surface area contributed by atoms with Crippen LogP contribution in [-0.2, 0) is 4.79 Å². The maximum atomic E-state index is 11.9. The van der Waals surface area contributed by atoms with E-state index < -0.39 is 24.9 Å². The van der Waals surface area contributed by atoms with Gasteiger partial charge >= 0.3 is 6.18 Å². The molecule has 0 saturated heterocycles. The quantitative estimate of drug-likeness (QED) is 0.340. The molecule has 0 radical (unpaired) electrons. The number of anilines is 1. The van der Waals surface area contributed by atoms with Crippen LogP contribution in [0, 0.1) is 0 Å². The Bertz CT molecular complexity index is 469. The molecule has 0 unspecified atom stereocenters. The lowest BCUT2D eigenvalue weighted by Gasteiger charge is -2.08. The summed E-state index contributed by atoms with van der Waals surface area (Å²) in [6.45, 7) is 0. The van der Waals surface area contributed by atoms with E-state index in [1.165, 1.54) is 24.3 Å². The van der Waals surface area contributed by atoms with Crippen molar-refractivity contribution in [3.05, 3.63) is 29.8 Å². The molecule has 0 aromatic heterocycles. The monoisotopic (exact) mass is 275 g/mol. The number of carbonyl (C=O) groups is 1. The van der Waals surface area contributed by atoms with Crippen molar-refractivity contribution in [2.24, 2.45) is 10.9 Å². The zero-order valence-corrected chi connectivity index (χ0v) is 9.74. The zero-order chi connectivity index (χ0) is 14.5. The lowest BCUT2D eigenvalue weighted by Crippen LogP contribution is -2.17. The highest BCUT2D eigenvalue weighted by atomic mass is 19.4. The van der Waals surface area contributed by atoms with Gasteiger partial charge in [0.25, 0.3) is 0 Å². The molecule has 0 aliphatic rings. The number of carbonyl (C=O) groups excluding carboxylic acids is 1. The largest absolute Gasteiger partial charge is 0.409 e. The second-order valence-electron chi connectivity index (χ2n) is 3.73. The minimum Gasteiger partial charge on any atom is -0.409 e. The van der Waals surface area contributed by atoms with E-state index in [0.717, 1.165) is 0 Å². The standard InChI is InChI=1S/C11H12F3N3O2/c12-11(13,14)6-5-9(18)16-8-3-1-7(2-4-8)10(15)17-19/h1-4,19H,5-6H2,(H2,15,17)(H,16,18). The van der Waals surface area contributed by atoms with Gasteiger partial charge < -0.3 is 16.3 Å². The van der Waals surface area contributed by atoms with Crippen LogP contribution < -0.4 is 11.1 Å². The van der Waals surface area contributed by atoms with E-state index in [0.29, 0.717) is 11.3 Å². The van der Waals surface area contributed by atoms with Crippen LogP contribution in [0.15, 0.2) is 29.4 Å². The Hall–Kier alpha value is -2.25. The molecule has 8 heteroatoms. The molecule has 19 heavy (non-hydrogen) atoms. The van der Waals surface area contributed by atoms with Gasteiger partial charge in [-0.2, -0.15) is 13.2 Å². The van der Waals surface area contributed by atoms with Crippen LogP contribution >= 0.6 is 0 Å². The van der Waals surface area contributed by atoms with E-state index in [1.807, 2.05) is 0 Å². The van der Waals surface area contributed by atoms with Gasteiger partial charge in [-0.3, -0.25) is 4.79 Å². The number of oxime groups is 1. The third-order valence-electron chi connectivity index (χ3n) is 2.21. The summed E-state index contributed by atoms with van der Waals surface area (Å²) >= 11 is 0. The summed E-state index contributed by atoms with van der Waals surface area (Å²) in [4.78, 5) is 11.2. The Balaban J connectivity index is 2.56. The van der Waals surface area contributed by atoms with Gasteiger partial charge in [0.1, 0.15) is 0 Å². The van der Waals surface area contributed by atoms with Crippen LogP contribution in [0.25, 0.3) is 0 Å². The van der Waals surface area contributed by atoms with Gasteiger partial charge in [0, 0.05) is 17.7 Å². The average molecular weight is 275 g/mol. The molecule has 0 saturated carbocycles. The highest BCUT2D eigenvalue weighted by molar-refractivity contribution is 5.98. The van der Waals surface area contributed by atoms with Crippen LogP contribution in [0.1, 0.15) is 18.4 Å². The molecule has 0 spiro atoms. The minimum atomic E-state index is -4.35. The summed E-state index contributed by atoms with van der Waals surface area (Å²) in [7, 11) is 0. The summed E-state index contributed by atoms with van der Waals surface area (Å²) in [6, 6.07) is 5.82. The lowest BCUT2D eigenvalue weighted by molar-refractivity contribution is -0.142. The number of hydrogen-bond donors (Lipinski definition) is 3. The summed E-state index contributed by atoms with van der Waals surface area (Å²) in [6.07, 6.45) is -6.15. The topological polar surface area (TPSA) is 87.7 Å². The maximum Gasteiger partial charge on any atom is 0.389 e. The number of halogens is 3. The summed E-state index contributed by atoms with van der Waals surface area (Å²) in [5, 5.41) is 13.5. The number of amides is 1. The first-order valence-corrected chi connectivity index (χ1v) is 5.26. The third-order valence-corrected chi connectivity index (χ3v) is 2.21. The van der Waals surface area contributed by atoms with Gasteiger partial charge in [-0.25, -0.2) is 0 Å². The number of nitrogens with zero attached hydrogens (tertiary/aromatic N) is 1. The SMILES string of the molecule is NC(=NO)c1ccc(NC(=O)CCC(F)(F)F)cc1. The fourth-order valence-electron chi connectivity index (χ4n) is 1.26. The predicted molar refractivity (Wildman–Crippen MR) is 62.9 cm³/mol. The molecule has 0 bridgehead atoms. The van der Waals surface area contributed by atoms with Crippen LogP contribution in [0.3, 0.4) is 0 Å². The molecule has 1 aromatic carbocycles. The van der Waals surface area contributed by atoms with E-state index in [9.17, 15) is 18.0 Å². The second kappa shape index (κ2) is 6.07. The molecule has 1 amide bonds. The van der Waals surface area contributed by atoms with Gasteiger partial charge in [0.2, 0.25) is 5.91 Å². The van der Waals surface area contributed by atoms with Crippen molar-refractivity contribution in [3.63, 3.8) is 0 Å². The molecular formula is C11H12F3N3O2. The molecule has 1 rings (SSSR count). The average Bonchev–Trinajstić information content (AvgIpc) is 2.35. The third kappa shape index (κ3) is 5.28. The van der Waals surface area contributed by atoms with Crippen LogP contribution in [0.2, 0.25) is 0 Å². The molecule has 0 atom stereocenters. The van der Waals surface area contributed by atoms with Crippen molar-refractivity contribution in [1.29, 1.82) is 0 Å². The predicted octanol–water partition coefficient (Wildman–Crippen LogP) is 2.06. The van der Waals surface area contributed by atoms with Crippen LogP contribution in [0.5, 0.6) is 0 Å². The normalized spacial score (nSPS) is 12.3. The molecule has 104 valence electrons. The molecule has 1 aromatic rings. The number of hydrogen-bond acceptors (Lipinski definition) is 3. The van der Waals surface area contributed by atoms with E-state index in [4.69, 9.17) is 10.9 Å². The lowest BCUT2D eigenvalue weighted by atomic mass is 10.2. The Kier molecular flexibility index (Phi) is 4.74. The smallest absolute Gasteiger partial charge is 0.389 e. The first kappa shape index (κ1) is 14.8. The summed E-state index contributed by atoms with van der Waals surface area (Å²) in [5.74, 6) is -0.830. The minimum absolute atomic E-state index is 0.102. The van der Waals surface area contributed by atoms with E-state index >= 15 is 0 Å². The molecule has 4 N–H and O–H groups in total. The molecular weight excluding hydrogens is 263 g/mol. The highest BCUT2D eigenvalue weighted by Gasteiger charge is 2.27. The number of alkyl halides is 3. The molecule has 5 nitrogen and oxygen atoms in total.